The minimum absolute atomic E-state index is 0.0320. The predicted molar refractivity (Wildman–Crippen MR) is 106 cm³/mol. The summed E-state index contributed by atoms with van der Waals surface area (Å²) in [6.07, 6.45) is 0. The van der Waals surface area contributed by atoms with Crippen molar-refractivity contribution in [2.75, 3.05) is 11.1 Å². The second-order valence-electron chi connectivity index (χ2n) is 5.23. The highest BCUT2D eigenvalue weighted by atomic mass is 79.9. The molecule has 1 N–H and O–H groups in total. The lowest BCUT2D eigenvalue weighted by Crippen LogP contribution is -2.13. The van der Waals surface area contributed by atoms with Gasteiger partial charge >= 0.3 is 0 Å². The van der Waals surface area contributed by atoms with Crippen molar-refractivity contribution in [2.24, 2.45) is 0 Å². The summed E-state index contributed by atoms with van der Waals surface area (Å²) in [5.41, 5.74) is 0.752. The molecule has 0 radical (unpaired) electrons. The van der Waals surface area contributed by atoms with Gasteiger partial charge in [0.2, 0.25) is 5.91 Å². The van der Waals surface area contributed by atoms with Crippen molar-refractivity contribution in [3.8, 4) is 11.5 Å². The molecule has 3 aromatic rings. The molecule has 0 fully saturated rings. The Morgan fingerprint density at radius 1 is 0.880 bits per heavy atom. The van der Waals surface area contributed by atoms with Crippen molar-refractivity contribution in [3.63, 3.8) is 0 Å². The van der Waals surface area contributed by atoms with Gasteiger partial charge < -0.3 is 10.1 Å². The van der Waals surface area contributed by atoms with Crippen LogP contribution in [0.4, 0.5) is 5.69 Å². The maximum Gasteiger partial charge on any atom is 0.234 e. The van der Waals surface area contributed by atoms with E-state index < -0.39 is 0 Å². The molecule has 0 aliphatic rings. The van der Waals surface area contributed by atoms with Crippen LogP contribution in [0.5, 0.6) is 11.5 Å². The quantitative estimate of drug-likeness (QED) is 0.505. The highest BCUT2D eigenvalue weighted by Gasteiger charge is 2.04. The van der Waals surface area contributed by atoms with Crippen molar-refractivity contribution in [2.45, 2.75) is 4.90 Å². The van der Waals surface area contributed by atoms with Crippen LogP contribution in [0.1, 0.15) is 0 Å². The van der Waals surface area contributed by atoms with Crippen molar-refractivity contribution >= 4 is 39.3 Å². The Balaban J connectivity index is 1.51. The molecule has 0 aromatic heterocycles. The first-order valence-electron chi connectivity index (χ1n) is 7.70. The van der Waals surface area contributed by atoms with E-state index in [9.17, 15) is 4.79 Å². The smallest absolute Gasteiger partial charge is 0.234 e. The number of ether oxygens (including phenoxy) is 1. The molecule has 0 spiro atoms. The molecule has 3 nitrogen and oxygen atoms in total. The van der Waals surface area contributed by atoms with Gasteiger partial charge in [-0.05, 0) is 60.7 Å². The van der Waals surface area contributed by atoms with Crippen LogP contribution in [0.2, 0.25) is 0 Å². The summed E-state index contributed by atoms with van der Waals surface area (Å²) in [4.78, 5) is 13.1. The van der Waals surface area contributed by atoms with Crippen LogP contribution in [0.3, 0.4) is 0 Å². The molecule has 0 unspecified atom stereocenters. The number of hydrogen-bond acceptors (Lipinski definition) is 3. The van der Waals surface area contributed by atoms with E-state index in [-0.39, 0.29) is 5.91 Å². The molecule has 0 aliphatic carbocycles. The highest BCUT2D eigenvalue weighted by Crippen LogP contribution is 2.24. The number of anilines is 1. The Bertz CT molecular complexity index is 821. The fourth-order valence-electron chi connectivity index (χ4n) is 2.11. The molecule has 0 saturated carbocycles. The lowest BCUT2D eigenvalue weighted by Gasteiger charge is -2.08. The van der Waals surface area contributed by atoms with Crippen molar-refractivity contribution in [1.29, 1.82) is 0 Å². The molecular formula is C20H16BrNO2S. The van der Waals surface area contributed by atoms with Gasteiger partial charge in [0.15, 0.2) is 0 Å². The van der Waals surface area contributed by atoms with E-state index in [0.717, 1.165) is 26.6 Å². The van der Waals surface area contributed by atoms with Crippen LogP contribution in [-0.4, -0.2) is 11.7 Å². The largest absolute Gasteiger partial charge is 0.457 e. The molecule has 0 saturated heterocycles. The lowest BCUT2D eigenvalue weighted by atomic mass is 10.3. The van der Waals surface area contributed by atoms with Crippen LogP contribution < -0.4 is 10.1 Å². The Labute approximate surface area is 159 Å². The molecule has 0 bridgehead atoms. The SMILES string of the molecule is O=C(CSc1ccccc1)Nc1ccc(Oc2ccc(Br)cc2)cc1. The maximum absolute atomic E-state index is 12.0. The Hall–Kier alpha value is -2.24. The lowest BCUT2D eigenvalue weighted by molar-refractivity contribution is -0.113. The average molecular weight is 414 g/mol. The molecule has 126 valence electrons. The maximum atomic E-state index is 12.0. The van der Waals surface area contributed by atoms with Gasteiger partial charge in [-0.15, -0.1) is 11.8 Å². The van der Waals surface area contributed by atoms with E-state index in [2.05, 4.69) is 21.2 Å². The normalized spacial score (nSPS) is 10.3. The average Bonchev–Trinajstić information content (AvgIpc) is 2.64. The standard InChI is InChI=1S/C20H16BrNO2S/c21-15-6-10-17(11-7-15)24-18-12-8-16(9-13-18)22-20(23)14-25-19-4-2-1-3-5-19/h1-13H,14H2,(H,22,23). The molecule has 3 rings (SSSR count). The van der Waals surface area contributed by atoms with Crippen LogP contribution in [0.25, 0.3) is 0 Å². The molecule has 25 heavy (non-hydrogen) atoms. The van der Waals surface area contributed by atoms with E-state index in [4.69, 9.17) is 4.74 Å². The van der Waals surface area contributed by atoms with E-state index in [1.54, 1.807) is 0 Å². The molecular weight excluding hydrogens is 398 g/mol. The second-order valence-corrected chi connectivity index (χ2v) is 7.19. The third-order valence-electron chi connectivity index (χ3n) is 3.30. The number of carbonyl (C=O) groups excluding carboxylic acids is 1. The Morgan fingerprint density at radius 3 is 2.12 bits per heavy atom. The van der Waals surface area contributed by atoms with Crippen molar-refractivity contribution in [3.05, 3.63) is 83.3 Å². The van der Waals surface area contributed by atoms with Gasteiger partial charge in [0.1, 0.15) is 11.5 Å². The minimum Gasteiger partial charge on any atom is -0.457 e. The van der Waals surface area contributed by atoms with Crippen LogP contribution in [0, 0.1) is 0 Å². The number of halogens is 1. The summed E-state index contributed by atoms with van der Waals surface area (Å²) in [6, 6.07) is 24.8. The topological polar surface area (TPSA) is 38.3 Å². The monoisotopic (exact) mass is 413 g/mol. The molecule has 3 aromatic carbocycles. The Morgan fingerprint density at radius 2 is 1.48 bits per heavy atom. The van der Waals surface area contributed by atoms with Gasteiger partial charge in [0.25, 0.3) is 0 Å². The van der Waals surface area contributed by atoms with E-state index in [1.165, 1.54) is 11.8 Å². The fourth-order valence-corrected chi connectivity index (χ4v) is 3.09. The number of amides is 1. The number of benzene rings is 3. The summed E-state index contributed by atoms with van der Waals surface area (Å²) in [7, 11) is 0. The third kappa shape index (κ3) is 5.66. The zero-order valence-corrected chi connectivity index (χ0v) is 15.7. The van der Waals surface area contributed by atoms with Gasteiger partial charge in [0, 0.05) is 15.1 Å². The molecule has 0 heterocycles. The van der Waals surface area contributed by atoms with Crippen LogP contribution in [0.15, 0.2) is 88.2 Å². The Kier molecular flexibility index (Phi) is 6.14. The van der Waals surface area contributed by atoms with Gasteiger partial charge in [0.05, 0.1) is 5.75 Å². The number of nitrogens with one attached hydrogen (secondary N) is 1. The highest BCUT2D eigenvalue weighted by molar-refractivity contribution is 9.10. The first-order chi connectivity index (χ1) is 12.2. The van der Waals surface area contributed by atoms with Gasteiger partial charge in [-0.3, -0.25) is 4.79 Å². The molecule has 5 heteroatoms. The zero-order valence-electron chi connectivity index (χ0n) is 13.3. The summed E-state index contributed by atoms with van der Waals surface area (Å²) in [5, 5.41) is 2.89. The summed E-state index contributed by atoms with van der Waals surface area (Å²) in [6.45, 7) is 0. The zero-order chi connectivity index (χ0) is 17.5. The summed E-state index contributed by atoms with van der Waals surface area (Å²) in [5.74, 6) is 1.83. The van der Waals surface area contributed by atoms with Crippen LogP contribution in [-0.2, 0) is 4.79 Å². The number of rotatable bonds is 6. The molecule has 1 amide bonds. The van der Waals surface area contributed by atoms with E-state index in [0.29, 0.717) is 5.75 Å². The fraction of sp³-hybridized carbons (Fsp3) is 0.0500. The van der Waals surface area contributed by atoms with E-state index >= 15 is 0 Å². The first kappa shape index (κ1) is 17.6. The number of carbonyl (C=O) groups is 1. The van der Waals surface area contributed by atoms with Gasteiger partial charge in [-0.25, -0.2) is 0 Å². The van der Waals surface area contributed by atoms with Crippen LogP contribution >= 0.6 is 27.7 Å². The van der Waals surface area contributed by atoms with Crippen molar-refractivity contribution in [1.82, 2.24) is 0 Å². The van der Waals surface area contributed by atoms with Gasteiger partial charge in [-0.2, -0.15) is 0 Å². The van der Waals surface area contributed by atoms with E-state index in [1.807, 2.05) is 78.9 Å². The van der Waals surface area contributed by atoms with Crippen molar-refractivity contribution < 1.29 is 9.53 Å². The minimum atomic E-state index is -0.0320. The molecule has 0 atom stereocenters. The number of thioether (sulfide) groups is 1. The molecule has 0 aliphatic heterocycles. The summed E-state index contributed by atoms with van der Waals surface area (Å²) < 4.78 is 6.77. The predicted octanol–water partition coefficient (Wildman–Crippen LogP) is 5.97. The first-order valence-corrected chi connectivity index (χ1v) is 9.48. The second kappa shape index (κ2) is 8.74. The number of hydrogen-bond donors (Lipinski definition) is 1. The third-order valence-corrected chi connectivity index (χ3v) is 4.84. The van der Waals surface area contributed by atoms with Gasteiger partial charge in [-0.1, -0.05) is 34.1 Å². The summed E-state index contributed by atoms with van der Waals surface area (Å²) >= 11 is 4.91.